The summed E-state index contributed by atoms with van der Waals surface area (Å²) in [6.07, 6.45) is 1.96. The number of hydrogen-bond acceptors (Lipinski definition) is 3. The fraction of sp³-hybridized carbons (Fsp3) is 0.160. The molecule has 6 rings (SSSR count). The second kappa shape index (κ2) is 7.17. The van der Waals surface area contributed by atoms with Crippen LogP contribution in [0.5, 0.6) is 5.75 Å². The van der Waals surface area contributed by atoms with Crippen molar-refractivity contribution in [2.24, 2.45) is 0 Å². The number of rotatable bonds is 2. The third-order valence-corrected chi connectivity index (χ3v) is 6.15. The van der Waals surface area contributed by atoms with Gasteiger partial charge in [-0.2, -0.15) is 0 Å². The van der Waals surface area contributed by atoms with Crippen LogP contribution in [0.4, 0.5) is 8.78 Å². The van der Waals surface area contributed by atoms with Gasteiger partial charge in [-0.1, -0.05) is 12.1 Å². The lowest BCUT2D eigenvalue weighted by Crippen LogP contribution is -2.46. The predicted molar refractivity (Wildman–Crippen MR) is 119 cm³/mol. The summed E-state index contributed by atoms with van der Waals surface area (Å²) < 4.78 is 35.4. The van der Waals surface area contributed by atoms with Crippen molar-refractivity contribution in [3.63, 3.8) is 0 Å². The second-order valence-corrected chi connectivity index (χ2v) is 8.18. The van der Waals surface area contributed by atoms with Gasteiger partial charge in [-0.05, 0) is 59.2 Å². The summed E-state index contributed by atoms with van der Waals surface area (Å²) in [7, 11) is 0. The highest BCUT2D eigenvalue weighted by molar-refractivity contribution is 5.95. The molecule has 2 N–H and O–H groups in total. The van der Waals surface area contributed by atoms with Gasteiger partial charge < -0.3 is 15.0 Å². The van der Waals surface area contributed by atoms with Gasteiger partial charge in [0.2, 0.25) is 0 Å². The molecule has 4 aromatic rings. The minimum absolute atomic E-state index is 0.124. The van der Waals surface area contributed by atoms with E-state index < -0.39 is 5.82 Å². The van der Waals surface area contributed by atoms with Crippen molar-refractivity contribution in [2.75, 3.05) is 13.1 Å². The van der Waals surface area contributed by atoms with Crippen molar-refractivity contribution in [2.45, 2.75) is 12.6 Å². The third kappa shape index (κ3) is 3.05. The fourth-order valence-electron chi connectivity index (χ4n) is 4.46. The van der Waals surface area contributed by atoms with Crippen LogP contribution in [0, 0.1) is 11.6 Å². The lowest BCUT2D eigenvalue weighted by atomic mass is 9.92. The molecule has 0 saturated carbocycles. The van der Waals surface area contributed by atoms with E-state index in [1.165, 1.54) is 24.3 Å². The van der Waals surface area contributed by atoms with Gasteiger partial charge in [0, 0.05) is 30.3 Å². The first kappa shape index (κ1) is 19.0. The molecule has 2 aliphatic rings. The van der Waals surface area contributed by atoms with Crippen molar-refractivity contribution < 1.29 is 13.5 Å². The van der Waals surface area contributed by atoms with E-state index in [-0.39, 0.29) is 24.2 Å². The molecule has 1 aromatic heterocycles. The zero-order valence-electron chi connectivity index (χ0n) is 17.0. The monoisotopic (exact) mass is 431 g/mol. The Bertz CT molecular complexity index is 1410. The lowest BCUT2D eigenvalue weighted by Gasteiger charge is -2.28. The molecule has 0 amide bonds. The second-order valence-electron chi connectivity index (χ2n) is 8.18. The van der Waals surface area contributed by atoms with Crippen LogP contribution >= 0.6 is 0 Å². The number of nitrogens with one attached hydrogen (secondary N) is 2. The van der Waals surface area contributed by atoms with Gasteiger partial charge in [-0.3, -0.25) is 4.57 Å². The number of aromatic amines is 1. The van der Waals surface area contributed by atoms with E-state index in [1.54, 1.807) is 16.7 Å². The van der Waals surface area contributed by atoms with E-state index in [0.717, 1.165) is 46.4 Å². The fourth-order valence-corrected chi connectivity index (χ4v) is 4.46. The maximum Gasteiger partial charge on any atom is 0.326 e. The summed E-state index contributed by atoms with van der Waals surface area (Å²) in [6.45, 7) is 1.70. The first-order valence-corrected chi connectivity index (χ1v) is 10.4. The van der Waals surface area contributed by atoms with Gasteiger partial charge in [0.25, 0.3) is 0 Å². The number of imidazole rings is 1. The van der Waals surface area contributed by atoms with Crippen LogP contribution in [0.25, 0.3) is 22.7 Å². The van der Waals surface area contributed by atoms with Crippen LogP contribution in [0.3, 0.4) is 0 Å². The standard InChI is InChI=1S/C25H19F2N3O2/c26-16-2-4-19-15(9-16)13-32-24-10-17(27)3-5-20(24)21(19)7-14-1-6-23-22(8-14)29-25(31)30(23)18-11-28-12-18/h1-10,18,28H,11-13H2,(H,29,31). The minimum Gasteiger partial charge on any atom is -0.488 e. The average Bonchev–Trinajstić information content (AvgIpc) is 2.96. The number of ether oxygens (including phenoxy) is 1. The molecule has 0 unspecified atom stereocenters. The Morgan fingerprint density at radius 2 is 1.75 bits per heavy atom. The van der Waals surface area contributed by atoms with E-state index in [2.05, 4.69) is 10.3 Å². The van der Waals surface area contributed by atoms with Gasteiger partial charge in [0.05, 0.1) is 17.1 Å². The quantitative estimate of drug-likeness (QED) is 0.499. The largest absolute Gasteiger partial charge is 0.488 e. The Hall–Kier alpha value is -3.71. The number of aromatic nitrogens is 2. The van der Waals surface area contributed by atoms with E-state index >= 15 is 0 Å². The van der Waals surface area contributed by atoms with Crippen LogP contribution in [0.1, 0.15) is 28.3 Å². The zero-order chi connectivity index (χ0) is 21.8. The van der Waals surface area contributed by atoms with Crippen LogP contribution in [-0.4, -0.2) is 22.6 Å². The number of halogens is 2. The van der Waals surface area contributed by atoms with E-state index in [4.69, 9.17) is 4.74 Å². The van der Waals surface area contributed by atoms with Crippen molar-refractivity contribution in [3.05, 3.63) is 99.0 Å². The molecule has 3 aromatic carbocycles. The SMILES string of the molecule is O=c1[nH]c2cc(C=C3c4ccc(F)cc4COc4cc(F)ccc43)ccc2n1C1CNC1. The van der Waals surface area contributed by atoms with Crippen LogP contribution < -0.4 is 15.7 Å². The van der Waals surface area contributed by atoms with Crippen LogP contribution in [0.15, 0.2) is 59.4 Å². The molecule has 1 fully saturated rings. The summed E-state index contributed by atoms with van der Waals surface area (Å²) in [5, 5.41) is 3.19. The Morgan fingerprint density at radius 1 is 0.969 bits per heavy atom. The highest BCUT2D eigenvalue weighted by Gasteiger charge is 2.23. The summed E-state index contributed by atoms with van der Waals surface area (Å²) in [5.41, 5.74) is 5.38. The highest BCUT2D eigenvalue weighted by atomic mass is 19.1. The van der Waals surface area contributed by atoms with Crippen LogP contribution in [0.2, 0.25) is 0 Å². The topological polar surface area (TPSA) is 59.1 Å². The van der Waals surface area contributed by atoms with Gasteiger partial charge in [-0.15, -0.1) is 0 Å². The minimum atomic E-state index is -0.397. The summed E-state index contributed by atoms with van der Waals surface area (Å²) in [4.78, 5) is 15.4. The predicted octanol–water partition coefficient (Wildman–Crippen LogP) is 4.23. The Balaban J connectivity index is 1.53. The molecular weight excluding hydrogens is 412 g/mol. The number of fused-ring (bicyclic) bond motifs is 3. The smallest absolute Gasteiger partial charge is 0.326 e. The first-order valence-electron chi connectivity index (χ1n) is 10.4. The van der Waals surface area contributed by atoms with Gasteiger partial charge in [0.1, 0.15) is 24.0 Å². The molecule has 2 aliphatic heterocycles. The van der Waals surface area contributed by atoms with E-state index in [9.17, 15) is 13.6 Å². The molecule has 5 nitrogen and oxygen atoms in total. The normalized spacial score (nSPS) is 16.9. The summed E-state index contributed by atoms with van der Waals surface area (Å²) >= 11 is 0. The average molecular weight is 431 g/mol. The number of H-pyrrole nitrogens is 1. The van der Waals surface area contributed by atoms with Crippen molar-refractivity contribution in [1.82, 2.24) is 14.9 Å². The molecule has 7 heteroatoms. The molecule has 0 bridgehead atoms. The van der Waals surface area contributed by atoms with E-state index in [0.29, 0.717) is 11.3 Å². The molecule has 0 aliphatic carbocycles. The van der Waals surface area contributed by atoms with Gasteiger partial charge in [-0.25, -0.2) is 13.6 Å². The summed E-state index contributed by atoms with van der Waals surface area (Å²) in [5.74, 6) is -0.341. The lowest BCUT2D eigenvalue weighted by molar-refractivity contribution is 0.305. The van der Waals surface area contributed by atoms with Gasteiger partial charge in [0.15, 0.2) is 0 Å². The number of hydrogen-bond donors (Lipinski definition) is 2. The highest BCUT2D eigenvalue weighted by Crippen LogP contribution is 2.38. The number of nitrogens with zero attached hydrogens (tertiary/aromatic N) is 1. The van der Waals surface area contributed by atoms with Gasteiger partial charge >= 0.3 is 5.69 Å². The third-order valence-electron chi connectivity index (χ3n) is 6.15. The summed E-state index contributed by atoms with van der Waals surface area (Å²) in [6, 6.07) is 14.9. The molecule has 1 saturated heterocycles. The molecule has 0 spiro atoms. The van der Waals surface area contributed by atoms with E-state index in [1.807, 2.05) is 24.3 Å². The molecule has 32 heavy (non-hydrogen) atoms. The van der Waals surface area contributed by atoms with Crippen molar-refractivity contribution in [3.8, 4) is 5.75 Å². The Labute approximate surface area is 182 Å². The maximum absolute atomic E-state index is 13.9. The van der Waals surface area contributed by atoms with Crippen molar-refractivity contribution >= 4 is 22.7 Å². The molecule has 160 valence electrons. The maximum atomic E-state index is 13.9. The van der Waals surface area contributed by atoms with Crippen molar-refractivity contribution in [1.29, 1.82) is 0 Å². The Morgan fingerprint density at radius 3 is 2.53 bits per heavy atom. The number of benzene rings is 3. The molecular formula is C25H19F2N3O2. The first-order chi connectivity index (χ1) is 15.6. The van der Waals surface area contributed by atoms with Crippen LogP contribution in [-0.2, 0) is 6.61 Å². The molecule has 3 heterocycles. The molecule has 0 radical (unpaired) electrons. The zero-order valence-corrected chi connectivity index (χ0v) is 17.0. The molecule has 0 atom stereocenters. The Kier molecular flexibility index (Phi) is 4.26.